The molecule has 0 fully saturated rings. The number of hydrogen-bond acceptors (Lipinski definition) is 4. The van der Waals surface area contributed by atoms with Gasteiger partial charge in [0.1, 0.15) is 5.82 Å². The van der Waals surface area contributed by atoms with Crippen LogP contribution in [0.2, 0.25) is 0 Å². The van der Waals surface area contributed by atoms with Crippen molar-refractivity contribution < 1.29 is 17.6 Å². The lowest BCUT2D eigenvalue weighted by atomic mass is 10.3. The molecule has 0 saturated carbocycles. The third kappa shape index (κ3) is 3.42. The minimum atomic E-state index is -3.92. The molecule has 0 bridgehead atoms. The number of halogens is 1. The molecule has 2 N–H and O–H groups in total. The zero-order valence-corrected chi connectivity index (χ0v) is 11.7. The Bertz CT molecular complexity index is 587. The second-order valence-corrected chi connectivity index (χ2v) is 6.28. The number of carbonyl (C=O) groups excluding carboxylic acids is 1. The normalized spacial score (nSPS) is 11.6. The Morgan fingerprint density at radius 3 is 2.37 bits per heavy atom. The first-order valence-electron chi connectivity index (χ1n) is 5.37. The largest absolute Gasteiger partial charge is 0.396 e. The molecule has 6 nitrogen and oxygen atoms in total. The highest BCUT2D eigenvalue weighted by Crippen LogP contribution is 2.19. The van der Waals surface area contributed by atoms with Crippen molar-refractivity contribution in [3.63, 3.8) is 0 Å². The number of rotatable bonds is 4. The maximum atomic E-state index is 13.3. The van der Waals surface area contributed by atoms with E-state index < -0.39 is 15.8 Å². The summed E-state index contributed by atoms with van der Waals surface area (Å²) in [5.41, 5.74) is 5.15. The van der Waals surface area contributed by atoms with Gasteiger partial charge in [0, 0.05) is 21.1 Å². The number of benzene rings is 1. The van der Waals surface area contributed by atoms with Gasteiger partial charge in [-0.25, -0.2) is 12.8 Å². The van der Waals surface area contributed by atoms with Gasteiger partial charge in [0.2, 0.25) is 15.9 Å². The minimum absolute atomic E-state index is 0.133. The standard InChI is InChI=1S/C11H16FN3O3S/c1-14(2)11(16)7-15(3)19(17,18)8-4-5-10(13)9(12)6-8/h4-6H,7,13H2,1-3H3. The van der Waals surface area contributed by atoms with E-state index in [0.717, 1.165) is 10.4 Å². The Morgan fingerprint density at radius 2 is 1.89 bits per heavy atom. The third-order valence-corrected chi connectivity index (χ3v) is 4.34. The number of nitrogens with two attached hydrogens (primary N) is 1. The van der Waals surface area contributed by atoms with Crippen LogP contribution >= 0.6 is 0 Å². The summed E-state index contributed by atoms with van der Waals surface area (Å²) in [6.07, 6.45) is 0. The fraction of sp³-hybridized carbons (Fsp3) is 0.364. The molecular formula is C11H16FN3O3S. The van der Waals surface area contributed by atoms with Crippen molar-refractivity contribution in [3.05, 3.63) is 24.0 Å². The predicted molar refractivity (Wildman–Crippen MR) is 69.3 cm³/mol. The van der Waals surface area contributed by atoms with Crippen molar-refractivity contribution >= 4 is 21.6 Å². The quantitative estimate of drug-likeness (QED) is 0.798. The first-order valence-corrected chi connectivity index (χ1v) is 6.81. The van der Waals surface area contributed by atoms with Crippen LogP contribution in [0.3, 0.4) is 0 Å². The van der Waals surface area contributed by atoms with E-state index in [9.17, 15) is 17.6 Å². The third-order valence-electron chi connectivity index (χ3n) is 2.54. The van der Waals surface area contributed by atoms with Gasteiger partial charge in [-0.3, -0.25) is 4.79 Å². The summed E-state index contributed by atoms with van der Waals surface area (Å²) in [6.45, 7) is -0.318. The van der Waals surface area contributed by atoms with Crippen LogP contribution in [0.5, 0.6) is 0 Å². The molecule has 0 spiro atoms. The van der Waals surface area contributed by atoms with Crippen LogP contribution in [0.15, 0.2) is 23.1 Å². The Kier molecular flexibility index (Phi) is 4.48. The highest BCUT2D eigenvalue weighted by atomic mass is 32.2. The first kappa shape index (κ1) is 15.4. The van der Waals surface area contributed by atoms with E-state index in [1.54, 1.807) is 0 Å². The van der Waals surface area contributed by atoms with Crippen LogP contribution in [0.4, 0.5) is 10.1 Å². The van der Waals surface area contributed by atoms with Gasteiger partial charge in [-0.1, -0.05) is 0 Å². The molecule has 0 radical (unpaired) electrons. The smallest absolute Gasteiger partial charge is 0.243 e. The lowest BCUT2D eigenvalue weighted by Gasteiger charge is -2.19. The van der Waals surface area contributed by atoms with Crippen LogP contribution in [-0.4, -0.2) is 51.2 Å². The van der Waals surface area contributed by atoms with E-state index in [0.29, 0.717) is 0 Å². The molecule has 1 aromatic carbocycles. The topological polar surface area (TPSA) is 83.7 Å². The molecule has 1 aromatic rings. The number of carbonyl (C=O) groups is 1. The van der Waals surface area contributed by atoms with Crippen LogP contribution < -0.4 is 5.73 Å². The number of nitrogen functional groups attached to an aromatic ring is 1. The summed E-state index contributed by atoms with van der Waals surface area (Å²) in [4.78, 5) is 12.5. The molecule has 0 heterocycles. The highest BCUT2D eigenvalue weighted by molar-refractivity contribution is 7.89. The summed E-state index contributed by atoms with van der Waals surface area (Å²) in [5, 5.41) is 0. The number of sulfonamides is 1. The number of likely N-dealkylation sites (N-methyl/N-ethyl adjacent to an activating group) is 2. The van der Waals surface area contributed by atoms with E-state index in [-0.39, 0.29) is 23.0 Å². The Balaban J connectivity index is 3.03. The van der Waals surface area contributed by atoms with Crippen molar-refractivity contribution in [1.82, 2.24) is 9.21 Å². The molecule has 1 amide bonds. The monoisotopic (exact) mass is 289 g/mol. The van der Waals surface area contributed by atoms with Crippen molar-refractivity contribution in [2.45, 2.75) is 4.90 Å². The maximum Gasteiger partial charge on any atom is 0.243 e. The summed E-state index contributed by atoms with van der Waals surface area (Å²) in [6, 6.07) is 3.20. The van der Waals surface area contributed by atoms with E-state index in [1.165, 1.54) is 38.2 Å². The van der Waals surface area contributed by atoms with Gasteiger partial charge in [0.25, 0.3) is 0 Å². The summed E-state index contributed by atoms with van der Waals surface area (Å²) in [7, 11) is 0.377. The molecule has 0 aliphatic rings. The van der Waals surface area contributed by atoms with Gasteiger partial charge in [-0.2, -0.15) is 4.31 Å². The van der Waals surface area contributed by atoms with Gasteiger partial charge in [-0.05, 0) is 18.2 Å². The van der Waals surface area contributed by atoms with Gasteiger partial charge >= 0.3 is 0 Å². The van der Waals surface area contributed by atoms with Crippen molar-refractivity contribution in [3.8, 4) is 0 Å². The maximum absolute atomic E-state index is 13.3. The predicted octanol–water partition coefficient (Wildman–Crippen LogP) is 0.117. The van der Waals surface area contributed by atoms with Crippen LogP contribution in [0, 0.1) is 5.82 Å². The van der Waals surface area contributed by atoms with Crippen LogP contribution in [0.25, 0.3) is 0 Å². The van der Waals surface area contributed by atoms with Crippen LogP contribution in [0.1, 0.15) is 0 Å². The van der Waals surface area contributed by atoms with E-state index in [4.69, 9.17) is 5.73 Å². The molecule has 8 heteroatoms. The second kappa shape index (κ2) is 5.54. The fourth-order valence-electron chi connectivity index (χ4n) is 1.27. The number of hydrogen-bond donors (Lipinski definition) is 1. The first-order chi connectivity index (χ1) is 8.66. The summed E-state index contributed by atoms with van der Waals surface area (Å²) in [5.74, 6) is -1.18. The zero-order valence-electron chi connectivity index (χ0n) is 10.9. The highest BCUT2D eigenvalue weighted by Gasteiger charge is 2.24. The Hall–Kier alpha value is -1.67. The molecule has 0 atom stereocenters. The van der Waals surface area contributed by atoms with Crippen LogP contribution in [-0.2, 0) is 14.8 Å². The summed E-state index contributed by atoms with van der Waals surface area (Å²) >= 11 is 0. The number of nitrogens with zero attached hydrogens (tertiary/aromatic N) is 2. The Labute approximate surface area is 111 Å². The SMILES string of the molecule is CN(C)C(=O)CN(C)S(=O)(=O)c1ccc(N)c(F)c1. The minimum Gasteiger partial charge on any atom is -0.396 e. The number of anilines is 1. The molecule has 106 valence electrons. The van der Waals surface area contributed by atoms with Gasteiger partial charge in [0.05, 0.1) is 17.1 Å². The van der Waals surface area contributed by atoms with E-state index in [1.807, 2.05) is 0 Å². The molecule has 0 saturated heterocycles. The van der Waals surface area contributed by atoms with Crippen molar-refractivity contribution in [2.75, 3.05) is 33.4 Å². The second-order valence-electron chi connectivity index (χ2n) is 4.23. The fourth-order valence-corrected chi connectivity index (χ4v) is 2.40. The molecule has 0 aliphatic carbocycles. The summed E-state index contributed by atoms with van der Waals surface area (Å²) < 4.78 is 38.3. The van der Waals surface area contributed by atoms with E-state index in [2.05, 4.69) is 0 Å². The van der Waals surface area contributed by atoms with Gasteiger partial charge < -0.3 is 10.6 Å². The van der Waals surface area contributed by atoms with Crippen molar-refractivity contribution in [1.29, 1.82) is 0 Å². The van der Waals surface area contributed by atoms with E-state index >= 15 is 0 Å². The molecule has 0 unspecified atom stereocenters. The average Bonchev–Trinajstić information content (AvgIpc) is 2.32. The molecule has 1 rings (SSSR count). The zero-order chi connectivity index (χ0) is 14.8. The molecule has 19 heavy (non-hydrogen) atoms. The number of amides is 1. The van der Waals surface area contributed by atoms with Gasteiger partial charge in [-0.15, -0.1) is 0 Å². The van der Waals surface area contributed by atoms with Crippen molar-refractivity contribution in [2.24, 2.45) is 0 Å². The average molecular weight is 289 g/mol. The molecule has 0 aromatic heterocycles. The lowest BCUT2D eigenvalue weighted by Crippen LogP contribution is -2.37. The Morgan fingerprint density at radius 1 is 1.32 bits per heavy atom. The molecule has 0 aliphatic heterocycles. The lowest BCUT2D eigenvalue weighted by molar-refractivity contribution is -0.128. The molecular weight excluding hydrogens is 273 g/mol. The van der Waals surface area contributed by atoms with Gasteiger partial charge in [0.15, 0.2) is 0 Å².